The van der Waals surface area contributed by atoms with Crippen LogP contribution in [0.25, 0.3) is 5.76 Å². The number of rotatable bonds is 9. The first-order valence-electron chi connectivity index (χ1n) is 11.8. The molecule has 180 valence electrons. The summed E-state index contributed by atoms with van der Waals surface area (Å²) >= 11 is 0. The van der Waals surface area contributed by atoms with E-state index in [-0.39, 0.29) is 11.3 Å². The zero-order valence-electron chi connectivity index (χ0n) is 19.5. The molecule has 2 fully saturated rings. The maximum Gasteiger partial charge on any atom is 0.295 e. The van der Waals surface area contributed by atoms with Gasteiger partial charge in [-0.3, -0.25) is 19.5 Å². The average Bonchev–Trinajstić information content (AvgIpc) is 3.13. The van der Waals surface area contributed by atoms with E-state index in [9.17, 15) is 14.7 Å². The molecular weight excluding hydrogens is 434 g/mol. The minimum atomic E-state index is -0.675. The lowest BCUT2D eigenvalue weighted by Crippen LogP contribution is -2.38. The van der Waals surface area contributed by atoms with E-state index in [0.717, 1.165) is 38.0 Å². The van der Waals surface area contributed by atoms with E-state index in [1.165, 1.54) is 0 Å². The van der Waals surface area contributed by atoms with Gasteiger partial charge >= 0.3 is 0 Å². The second-order valence-corrected chi connectivity index (χ2v) is 8.46. The van der Waals surface area contributed by atoms with Crippen LogP contribution in [0.1, 0.15) is 36.9 Å². The Morgan fingerprint density at radius 3 is 2.65 bits per heavy atom. The number of hydrogen-bond donors (Lipinski definition) is 1. The molecule has 0 saturated carbocycles. The van der Waals surface area contributed by atoms with Gasteiger partial charge in [-0.15, -0.1) is 0 Å². The highest BCUT2D eigenvalue weighted by Gasteiger charge is 2.45. The SMILES string of the molecule is CCCOc1cccc(C(O)=C2C(=O)C(=O)N(CCCN3CCOCC3)C2c2ccncc2)c1. The molecule has 2 aliphatic rings. The van der Waals surface area contributed by atoms with E-state index in [1.54, 1.807) is 53.7 Å². The predicted octanol–water partition coefficient (Wildman–Crippen LogP) is 3.01. The van der Waals surface area contributed by atoms with E-state index >= 15 is 0 Å². The molecule has 1 aromatic carbocycles. The number of ether oxygens (including phenoxy) is 2. The molecule has 0 radical (unpaired) electrons. The van der Waals surface area contributed by atoms with Crippen LogP contribution < -0.4 is 4.74 Å². The topological polar surface area (TPSA) is 92.2 Å². The van der Waals surface area contributed by atoms with Gasteiger partial charge in [-0.05, 0) is 42.7 Å². The predicted molar refractivity (Wildman–Crippen MR) is 127 cm³/mol. The van der Waals surface area contributed by atoms with Gasteiger partial charge in [-0.25, -0.2) is 0 Å². The van der Waals surface area contributed by atoms with Crippen molar-refractivity contribution in [3.8, 4) is 5.75 Å². The van der Waals surface area contributed by atoms with Crippen LogP contribution in [0.4, 0.5) is 0 Å². The summed E-state index contributed by atoms with van der Waals surface area (Å²) < 4.78 is 11.1. The molecule has 0 spiro atoms. The highest BCUT2D eigenvalue weighted by atomic mass is 16.5. The molecular formula is C26H31N3O5. The van der Waals surface area contributed by atoms with Crippen molar-refractivity contribution in [2.75, 3.05) is 46.0 Å². The van der Waals surface area contributed by atoms with E-state index in [1.807, 2.05) is 6.92 Å². The Hall–Kier alpha value is -3.23. The summed E-state index contributed by atoms with van der Waals surface area (Å²) in [7, 11) is 0. The Labute approximate surface area is 199 Å². The van der Waals surface area contributed by atoms with Crippen LogP contribution >= 0.6 is 0 Å². The molecule has 8 nitrogen and oxygen atoms in total. The third kappa shape index (κ3) is 5.29. The van der Waals surface area contributed by atoms with Crippen LogP contribution in [0.3, 0.4) is 0 Å². The number of likely N-dealkylation sites (tertiary alicyclic amines) is 1. The van der Waals surface area contributed by atoms with Crippen LogP contribution in [-0.4, -0.2) is 77.6 Å². The van der Waals surface area contributed by atoms with Crippen molar-refractivity contribution in [3.05, 3.63) is 65.5 Å². The lowest BCUT2D eigenvalue weighted by atomic mass is 9.96. The normalized spacial score (nSPS) is 20.6. The summed E-state index contributed by atoms with van der Waals surface area (Å²) in [5.41, 5.74) is 1.27. The van der Waals surface area contributed by atoms with Crippen molar-refractivity contribution in [1.82, 2.24) is 14.8 Å². The third-order valence-corrected chi connectivity index (χ3v) is 6.12. The summed E-state index contributed by atoms with van der Waals surface area (Å²) in [6, 6.07) is 9.85. The van der Waals surface area contributed by atoms with E-state index in [0.29, 0.717) is 37.7 Å². The van der Waals surface area contributed by atoms with Gasteiger partial charge in [-0.1, -0.05) is 19.1 Å². The summed E-state index contributed by atoms with van der Waals surface area (Å²) in [5, 5.41) is 11.2. The van der Waals surface area contributed by atoms with Crippen molar-refractivity contribution in [3.63, 3.8) is 0 Å². The molecule has 1 amide bonds. The molecule has 2 aliphatic heterocycles. The number of Topliss-reactive ketones (excluding diaryl/α,β-unsaturated/α-hetero) is 1. The Morgan fingerprint density at radius 1 is 1.15 bits per heavy atom. The van der Waals surface area contributed by atoms with E-state index in [4.69, 9.17) is 9.47 Å². The number of amides is 1. The molecule has 0 bridgehead atoms. The highest BCUT2D eigenvalue weighted by Crippen LogP contribution is 2.39. The number of aliphatic hydroxyl groups is 1. The van der Waals surface area contributed by atoms with Crippen LogP contribution in [0, 0.1) is 0 Å². The van der Waals surface area contributed by atoms with Crippen LogP contribution in [-0.2, 0) is 14.3 Å². The number of carbonyl (C=O) groups is 2. The Morgan fingerprint density at radius 2 is 1.91 bits per heavy atom. The maximum absolute atomic E-state index is 13.2. The first kappa shape index (κ1) is 23.9. The monoisotopic (exact) mass is 465 g/mol. The van der Waals surface area contributed by atoms with Gasteiger partial charge in [0, 0.05) is 44.1 Å². The van der Waals surface area contributed by atoms with Crippen molar-refractivity contribution >= 4 is 17.4 Å². The lowest BCUT2D eigenvalue weighted by Gasteiger charge is -2.29. The fourth-order valence-corrected chi connectivity index (χ4v) is 4.40. The standard InChI is InChI=1S/C26H31N3O5/c1-2-15-34-21-6-3-5-20(18-21)24(30)22-23(19-7-9-27-10-8-19)29(26(32)25(22)31)12-4-11-28-13-16-33-17-14-28/h3,5-10,18,23,30H,2,4,11-17H2,1H3. The van der Waals surface area contributed by atoms with Crippen LogP contribution in [0.15, 0.2) is 54.4 Å². The van der Waals surface area contributed by atoms with Gasteiger partial charge in [0.05, 0.1) is 31.4 Å². The first-order valence-corrected chi connectivity index (χ1v) is 11.8. The number of aromatic nitrogens is 1. The number of benzene rings is 1. The van der Waals surface area contributed by atoms with Crippen molar-refractivity contribution in [2.24, 2.45) is 0 Å². The van der Waals surface area contributed by atoms with E-state index < -0.39 is 17.7 Å². The largest absolute Gasteiger partial charge is 0.507 e. The second-order valence-electron chi connectivity index (χ2n) is 8.46. The molecule has 34 heavy (non-hydrogen) atoms. The molecule has 2 aromatic rings. The van der Waals surface area contributed by atoms with Gasteiger partial charge in [0.25, 0.3) is 11.7 Å². The Bertz CT molecular complexity index is 1030. The highest BCUT2D eigenvalue weighted by molar-refractivity contribution is 6.46. The van der Waals surface area contributed by atoms with Crippen molar-refractivity contribution < 1.29 is 24.2 Å². The van der Waals surface area contributed by atoms with Crippen LogP contribution in [0.5, 0.6) is 5.75 Å². The quantitative estimate of drug-likeness (QED) is 0.346. The maximum atomic E-state index is 13.2. The molecule has 1 atom stereocenters. The van der Waals surface area contributed by atoms with Crippen molar-refractivity contribution in [2.45, 2.75) is 25.8 Å². The van der Waals surface area contributed by atoms with Gasteiger partial charge < -0.3 is 19.5 Å². The molecule has 2 saturated heterocycles. The molecule has 1 aromatic heterocycles. The van der Waals surface area contributed by atoms with Gasteiger partial charge in [0.1, 0.15) is 11.5 Å². The summed E-state index contributed by atoms with van der Waals surface area (Å²) in [4.78, 5) is 34.2. The molecule has 1 unspecified atom stereocenters. The number of hydrogen-bond acceptors (Lipinski definition) is 7. The molecule has 1 N–H and O–H groups in total. The van der Waals surface area contributed by atoms with E-state index in [2.05, 4.69) is 9.88 Å². The van der Waals surface area contributed by atoms with Gasteiger partial charge in [0.15, 0.2) is 0 Å². The minimum absolute atomic E-state index is 0.0928. The summed E-state index contributed by atoms with van der Waals surface area (Å²) in [6.45, 7) is 6.93. The summed E-state index contributed by atoms with van der Waals surface area (Å²) in [5.74, 6) is -0.863. The minimum Gasteiger partial charge on any atom is -0.507 e. The number of pyridine rings is 1. The Balaban J connectivity index is 1.64. The molecule has 4 rings (SSSR count). The fraction of sp³-hybridized carbons (Fsp3) is 0.423. The van der Waals surface area contributed by atoms with Crippen LogP contribution in [0.2, 0.25) is 0 Å². The van der Waals surface area contributed by atoms with Crippen molar-refractivity contribution in [1.29, 1.82) is 0 Å². The molecule has 3 heterocycles. The number of ketones is 1. The summed E-state index contributed by atoms with van der Waals surface area (Å²) in [6.07, 6.45) is 4.83. The number of morpholine rings is 1. The number of aliphatic hydroxyl groups excluding tert-OH is 1. The number of carbonyl (C=O) groups excluding carboxylic acids is 2. The zero-order chi connectivity index (χ0) is 23.9. The third-order valence-electron chi connectivity index (χ3n) is 6.12. The lowest BCUT2D eigenvalue weighted by molar-refractivity contribution is -0.140. The van der Waals surface area contributed by atoms with Gasteiger partial charge in [0.2, 0.25) is 0 Å². The first-order chi connectivity index (χ1) is 16.6. The Kier molecular flexibility index (Phi) is 7.92. The molecule has 0 aliphatic carbocycles. The average molecular weight is 466 g/mol. The zero-order valence-corrected chi connectivity index (χ0v) is 19.5. The smallest absolute Gasteiger partial charge is 0.295 e. The molecule has 8 heteroatoms. The number of nitrogens with zero attached hydrogens (tertiary/aromatic N) is 3. The second kappa shape index (κ2) is 11.3. The van der Waals surface area contributed by atoms with Gasteiger partial charge in [-0.2, -0.15) is 0 Å². The fourth-order valence-electron chi connectivity index (χ4n) is 4.40.